The van der Waals surface area contributed by atoms with Crippen LogP contribution in [0.4, 0.5) is 0 Å². The van der Waals surface area contributed by atoms with Crippen molar-refractivity contribution < 1.29 is 4.42 Å². The van der Waals surface area contributed by atoms with Gasteiger partial charge in [0, 0.05) is 21.0 Å². The third kappa shape index (κ3) is 1.39. The zero-order valence-corrected chi connectivity index (χ0v) is 10.4. The summed E-state index contributed by atoms with van der Waals surface area (Å²) in [6.07, 6.45) is 1.74. The lowest BCUT2D eigenvalue weighted by molar-refractivity contribution is 0.616. The van der Waals surface area contributed by atoms with Crippen LogP contribution in [0.2, 0.25) is 0 Å². The third-order valence-electron chi connectivity index (χ3n) is 3.24. The Bertz CT molecular complexity index is 838. The Labute approximate surface area is 108 Å². The van der Waals surface area contributed by atoms with Crippen LogP contribution < -0.4 is 0 Å². The van der Waals surface area contributed by atoms with E-state index >= 15 is 0 Å². The first kappa shape index (κ1) is 9.92. The molecule has 2 aromatic carbocycles. The summed E-state index contributed by atoms with van der Waals surface area (Å²) in [5.74, 6) is 0. The topological polar surface area (TPSA) is 13.1 Å². The Balaban J connectivity index is 2.00. The lowest BCUT2D eigenvalue weighted by Gasteiger charge is -2.00. The minimum atomic E-state index is 0.943. The van der Waals surface area contributed by atoms with Crippen molar-refractivity contribution in [2.75, 3.05) is 0 Å². The fraction of sp³-hybridized carbons (Fsp3) is 0. The molecule has 4 rings (SSSR count). The first-order chi connectivity index (χ1) is 8.92. The fourth-order valence-electron chi connectivity index (χ4n) is 2.34. The zero-order valence-electron chi connectivity index (χ0n) is 9.59. The lowest BCUT2D eigenvalue weighted by atomic mass is 10.0. The van der Waals surface area contributed by atoms with E-state index in [1.807, 2.05) is 12.1 Å². The Morgan fingerprint density at radius 1 is 0.944 bits per heavy atom. The molecule has 0 amide bonds. The summed E-state index contributed by atoms with van der Waals surface area (Å²) in [6.45, 7) is 0. The van der Waals surface area contributed by atoms with E-state index < -0.39 is 0 Å². The van der Waals surface area contributed by atoms with Crippen LogP contribution in [0, 0.1) is 0 Å². The molecule has 0 N–H and O–H groups in total. The second-order valence-corrected chi connectivity index (χ2v) is 5.23. The highest BCUT2D eigenvalue weighted by Gasteiger charge is 2.07. The maximum Gasteiger partial charge on any atom is 0.133 e. The second kappa shape index (κ2) is 3.72. The van der Waals surface area contributed by atoms with Crippen LogP contribution in [0.1, 0.15) is 0 Å². The first-order valence-electron chi connectivity index (χ1n) is 5.86. The van der Waals surface area contributed by atoms with E-state index in [-0.39, 0.29) is 0 Å². The van der Waals surface area contributed by atoms with Crippen molar-refractivity contribution in [3.63, 3.8) is 0 Å². The van der Waals surface area contributed by atoms with E-state index in [9.17, 15) is 0 Å². The second-order valence-electron chi connectivity index (χ2n) is 4.32. The lowest BCUT2D eigenvalue weighted by Crippen LogP contribution is -1.75. The summed E-state index contributed by atoms with van der Waals surface area (Å²) >= 11 is 1.79. The molecule has 0 spiro atoms. The van der Waals surface area contributed by atoms with Crippen LogP contribution in [0.3, 0.4) is 0 Å². The van der Waals surface area contributed by atoms with Crippen LogP contribution >= 0.6 is 11.3 Å². The Hall–Kier alpha value is -2.06. The molecule has 0 radical (unpaired) electrons. The molecule has 0 unspecified atom stereocenters. The molecule has 2 heterocycles. The van der Waals surface area contributed by atoms with Gasteiger partial charge >= 0.3 is 0 Å². The van der Waals surface area contributed by atoms with Crippen LogP contribution in [0.25, 0.3) is 32.2 Å². The predicted molar refractivity (Wildman–Crippen MR) is 77.0 cm³/mol. The van der Waals surface area contributed by atoms with Gasteiger partial charge in [0.1, 0.15) is 5.58 Å². The average molecular weight is 250 g/mol. The maximum absolute atomic E-state index is 5.38. The molecule has 0 aliphatic heterocycles. The Kier molecular flexibility index (Phi) is 2.05. The van der Waals surface area contributed by atoms with Gasteiger partial charge in [0.15, 0.2) is 0 Å². The summed E-state index contributed by atoms with van der Waals surface area (Å²) < 4.78 is 6.71. The number of thiophene rings is 1. The minimum Gasteiger partial charge on any atom is -0.464 e. The van der Waals surface area contributed by atoms with E-state index in [0.29, 0.717) is 0 Å². The van der Waals surface area contributed by atoms with Crippen molar-refractivity contribution in [3.8, 4) is 11.1 Å². The molecule has 2 aromatic heterocycles. The van der Waals surface area contributed by atoms with Crippen molar-refractivity contribution in [3.05, 3.63) is 60.2 Å². The van der Waals surface area contributed by atoms with Crippen molar-refractivity contribution in [1.29, 1.82) is 0 Å². The van der Waals surface area contributed by atoms with Gasteiger partial charge in [0.2, 0.25) is 0 Å². The largest absolute Gasteiger partial charge is 0.464 e. The predicted octanol–water partition coefficient (Wildman–Crippen LogP) is 5.31. The molecule has 0 saturated carbocycles. The van der Waals surface area contributed by atoms with E-state index in [2.05, 4.69) is 41.8 Å². The number of rotatable bonds is 1. The highest BCUT2D eigenvalue weighted by atomic mass is 32.1. The Morgan fingerprint density at radius 2 is 1.89 bits per heavy atom. The maximum atomic E-state index is 5.38. The van der Waals surface area contributed by atoms with Crippen LogP contribution in [-0.2, 0) is 0 Å². The van der Waals surface area contributed by atoms with Crippen molar-refractivity contribution in [2.24, 2.45) is 0 Å². The molecule has 0 aliphatic carbocycles. The molecule has 2 heteroatoms. The van der Waals surface area contributed by atoms with Gasteiger partial charge in [-0.3, -0.25) is 0 Å². The van der Waals surface area contributed by atoms with Crippen LogP contribution in [-0.4, -0.2) is 0 Å². The average Bonchev–Trinajstić information content (AvgIpc) is 3.04. The molecule has 0 atom stereocenters. The molecular weight excluding hydrogens is 240 g/mol. The van der Waals surface area contributed by atoms with Gasteiger partial charge < -0.3 is 4.42 Å². The number of furan rings is 1. The highest BCUT2D eigenvalue weighted by Crippen LogP contribution is 2.35. The molecule has 0 fully saturated rings. The minimum absolute atomic E-state index is 0.943. The number of benzene rings is 2. The molecule has 1 nitrogen and oxygen atoms in total. The van der Waals surface area contributed by atoms with Crippen LogP contribution in [0.15, 0.2) is 64.6 Å². The van der Waals surface area contributed by atoms with Gasteiger partial charge in [-0.25, -0.2) is 0 Å². The number of hydrogen-bond acceptors (Lipinski definition) is 2. The monoisotopic (exact) mass is 250 g/mol. The summed E-state index contributed by atoms with van der Waals surface area (Å²) in [5, 5.41) is 4.71. The van der Waals surface area contributed by atoms with Crippen molar-refractivity contribution in [2.45, 2.75) is 0 Å². The third-order valence-corrected chi connectivity index (χ3v) is 4.21. The number of hydrogen-bond donors (Lipinski definition) is 0. The smallest absolute Gasteiger partial charge is 0.133 e. The standard InChI is InChI=1S/C16H10OS/c1-2-4-16-13(3-1)14(10-18-16)11-5-6-15-12(9-11)7-8-17-15/h1-10H. The normalized spacial score (nSPS) is 11.3. The highest BCUT2D eigenvalue weighted by molar-refractivity contribution is 7.17. The molecule has 0 saturated heterocycles. The van der Waals surface area contributed by atoms with Gasteiger partial charge in [-0.15, -0.1) is 11.3 Å². The Morgan fingerprint density at radius 3 is 2.89 bits per heavy atom. The summed E-state index contributed by atoms with van der Waals surface area (Å²) in [7, 11) is 0. The SMILES string of the molecule is c1ccc2c(-c3ccc4occc4c3)csc2c1. The summed E-state index contributed by atoms with van der Waals surface area (Å²) in [5.41, 5.74) is 3.50. The molecule has 4 aromatic rings. The van der Waals surface area contributed by atoms with Gasteiger partial charge in [-0.2, -0.15) is 0 Å². The van der Waals surface area contributed by atoms with Gasteiger partial charge in [-0.05, 0) is 35.2 Å². The van der Waals surface area contributed by atoms with Crippen molar-refractivity contribution in [1.82, 2.24) is 0 Å². The van der Waals surface area contributed by atoms with E-state index in [1.54, 1.807) is 17.6 Å². The molecule has 18 heavy (non-hydrogen) atoms. The zero-order chi connectivity index (χ0) is 11.9. The fourth-order valence-corrected chi connectivity index (χ4v) is 3.31. The molecule has 86 valence electrons. The van der Waals surface area contributed by atoms with Crippen molar-refractivity contribution >= 4 is 32.4 Å². The summed E-state index contributed by atoms with van der Waals surface area (Å²) in [4.78, 5) is 0. The van der Waals surface area contributed by atoms with Gasteiger partial charge in [-0.1, -0.05) is 24.3 Å². The molecule has 0 aliphatic rings. The van der Waals surface area contributed by atoms with E-state index in [1.165, 1.54) is 21.2 Å². The van der Waals surface area contributed by atoms with E-state index in [0.717, 1.165) is 11.0 Å². The molecular formula is C16H10OS. The number of fused-ring (bicyclic) bond motifs is 2. The first-order valence-corrected chi connectivity index (χ1v) is 6.74. The van der Waals surface area contributed by atoms with E-state index in [4.69, 9.17) is 4.42 Å². The molecule has 0 bridgehead atoms. The van der Waals surface area contributed by atoms with Gasteiger partial charge in [0.25, 0.3) is 0 Å². The summed E-state index contributed by atoms with van der Waals surface area (Å²) in [6, 6.07) is 16.9. The quantitative estimate of drug-likeness (QED) is 0.446. The van der Waals surface area contributed by atoms with Gasteiger partial charge in [0.05, 0.1) is 6.26 Å². The van der Waals surface area contributed by atoms with Crippen LogP contribution in [0.5, 0.6) is 0 Å².